The molecular weight excluding hydrogens is 422 g/mol. The second-order valence-electron chi connectivity index (χ2n) is 11.1. The zero-order valence-electron chi connectivity index (χ0n) is 20.2. The average Bonchev–Trinajstić information content (AvgIpc) is 3.24. The van der Waals surface area contributed by atoms with Crippen molar-refractivity contribution < 1.29 is 24.2 Å². The average molecular weight is 458 g/mol. The zero-order valence-corrected chi connectivity index (χ0v) is 20.2. The number of anilines is 1. The number of nitrogens with zero attached hydrogens (tertiary/aromatic N) is 1. The Kier molecular flexibility index (Phi) is 5.61. The molecule has 3 amide bonds. The van der Waals surface area contributed by atoms with Crippen molar-refractivity contribution in [1.82, 2.24) is 10.2 Å². The fourth-order valence-corrected chi connectivity index (χ4v) is 6.12. The van der Waals surface area contributed by atoms with Crippen molar-refractivity contribution in [1.29, 1.82) is 0 Å². The molecule has 8 heteroatoms. The zero-order chi connectivity index (χ0) is 24.3. The van der Waals surface area contributed by atoms with Crippen molar-refractivity contribution in [3.8, 4) is 0 Å². The number of carbonyl (C=O) groups is 3. The SMILES string of the molecule is CC1CC23O[C@@]1(C)[C@H](C(=O)Nc1ccccc1)[C@H]2C(=O)N([C@H](C)CO)C3C(=O)NC(C)(C)C. The summed E-state index contributed by atoms with van der Waals surface area (Å²) in [4.78, 5) is 42.4. The summed E-state index contributed by atoms with van der Waals surface area (Å²) < 4.78 is 6.63. The maximum absolute atomic E-state index is 13.8. The fraction of sp³-hybridized carbons (Fsp3) is 0.640. The predicted molar refractivity (Wildman–Crippen MR) is 123 cm³/mol. The summed E-state index contributed by atoms with van der Waals surface area (Å²) in [5.74, 6) is -2.51. The van der Waals surface area contributed by atoms with Gasteiger partial charge in [0, 0.05) is 11.2 Å². The van der Waals surface area contributed by atoms with E-state index in [9.17, 15) is 19.5 Å². The third-order valence-corrected chi connectivity index (χ3v) is 7.56. The van der Waals surface area contributed by atoms with Crippen molar-refractivity contribution in [2.75, 3.05) is 11.9 Å². The normalized spacial score (nSPS) is 36.0. The molecule has 180 valence electrons. The molecule has 33 heavy (non-hydrogen) atoms. The Labute approximate surface area is 195 Å². The van der Waals surface area contributed by atoms with Crippen LogP contribution < -0.4 is 10.6 Å². The molecule has 4 rings (SSSR count). The molecule has 3 N–H and O–H groups in total. The number of hydrogen-bond acceptors (Lipinski definition) is 5. The second-order valence-corrected chi connectivity index (χ2v) is 11.1. The Morgan fingerprint density at radius 1 is 1.24 bits per heavy atom. The molecule has 1 spiro atoms. The molecule has 8 nitrogen and oxygen atoms in total. The smallest absolute Gasteiger partial charge is 0.246 e. The Morgan fingerprint density at radius 2 is 1.88 bits per heavy atom. The molecule has 0 saturated carbocycles. The number of rotatable bonds is 5. The number of hydrogen-bond donors (Lipinski definition) is 3. The molecule has 3 saturated heterocycles. The van der Waals surface area contributed by atoms with E-state index in [0.29, 0.717) is 12.1 Å². The van der Waals surface area contributed by atoms with Gasteiger partial charge in [0.2, 0.25) is 17.7 Å². The van der Waals surface area contributed by atoms with Gasteiger partial charge in [-0.15, -0.1) is 0 Å². The van der Waals surface area contributed by atoms with Crippen LogP contribution in [0.25, 0.3) is 0 Å². The minimum absolute atomic E-state index is 0.0395. The van der Waals surface area contributed by atoms with Crippen LogP contribution in [-0.2, 0) is 19.1 Å². The summed E-state index contributed by atoms with van der Waals surface area (Å²) in [7, 11) is 0. The van der Waals surface area contributed by atoms with E-state index in [1.54, 1.807) is 19.1 Å². The van der Waals surface area contributed by atoms with Gasteiger partial charge in [-0.1, -0.05) is 25.1 Å². The van der Waals surface area contributed by atoms with E-state index < -0.39 is 40.7 Å². The number of fused-ring (bicyclic) bond motifs is 1. The van der Waals surface area contributed by atoms with Crippen molar-refractivity contribution in [3.05, 3.63) is 30.3 Å². The molecule has 0 radical (unpaired) electrons. The Balaban J connectivity index is 1.78. The molecule has 3 aliphatic heterocycles. The van der Waals surface area contributed by atoms with Gasteiger partial charge in [0.1, 0.15) is 11.6 Å². The van der Waals surface area contributed by atoms with Crippen molar-refractivity contribution >= 4 is 23.4 Å². The standard InChI is InChI=1S/C25H35N3O5/c1-14-12-25-18(17(24(14,6)33-25)20(30)26-16-10-8-7-9-11-16)22(32)28(15(2)13-29)19(25)21(31)27-23(3,4)5/h7-11,14-15,17-19,29H,12-13H2,1-6H3,(H,26,30)(H,27,31)/t14?,15-,17+,18+,19?,24-,25?/m1/s1. The molecule has 3 fully saturated rings. The molecule has 1 aromatic rings. The number of para-hydroxylation sites is 1. The van der Waals surface area contributed by atoms with E-state index in [4.69, 9.17) is 4.74 Å². The van der Waals surface area contributed by atoms with E-state index in [1.165, 1.54) is 4.90 Å². The molecular formula is C25H35N3O5. The lowest BCUT2D eigenvalue weighted by Crippen LogP contribution is -2.60. The van der Waals surface area contributed by atoms with Gasteiger partial charge < -0.3 is 25.4 Å². The minimum atomic E-state index is -1.12. The van der Waals surface area contributed by atoms with E-state index in [0.717, 1.165) is 0 Å². The number of amides is 3. The summed E-state index contributed by atoms with van der Waals surface area (Å²) in [6, 6.07) is 7.61. The van der Waals surface area contributed by atoms with Gasteiger partial charge in [-0.25, -0.2) is 0 Å². The first-order valence-electron chi connectivity index (χ1n) is 11.7. The van der Waals surface area contributed by atoms with Gasteiger partial charge >= 0.3 is 0 Å². The van der Waals surface area contributed by atoms with Crippen LogP contribution in [0, 0.1) is 17.8 Å². The summed E-state index contributed by atoms with van der Waals surface area (Å²) in [6.07, 6.45) is 0.492. The quantitative estimate of drug-likeness (QED) is 0.626. The molecule has 0 aromatic heterocycles. The van der Waals surface area contributed by atoms with Gasteiger partial charge in [0.05, 0.1) is 30.1 Å². The topological polar surface area (TPSA) is 108 Å². The molecule has 0 aliphatic carbocycles. The van der Waals surface area contributed by atoms with Crippen LogP contribution in [0.2, 0.25) is 0 Å². The number of likely N-dealkylation sites (tertiary alicyclic amines) is 1. The number of nitrogens with one attached hydrogen (secondary N) is 2. The van der Waals surface area contributed by atoms with Crippen LogP contribution in [0.1, 0.15) is 48.0 Å². The number of aliphatic hydroxyl groups excluding tert-OH is 1. The number of carbonyl (C=O) groups excluding carboxylic acids is 3. The van der Waals surface area contributed by atoms with Crippen LogP contribution in [0.4, 0.5) is 5.69 Å². The van der Waals surface area contributed by atoms with E-state index in [1.807, 2.05) is 52.8 Å². The highest BCUT2D eigenvalue weighted by atomic mass is 16.5. The van der Waals surface area contributed by atoms with Gasteiger partial charge in [-0.2, -0.15) is 0 Å². The van der Waals surface area contributed by atoms with E-state index in [-0.39, 0.29) is 30.2 Å². The van der Waals surface area contributed by atoms with E-state index in [2.05, 4.69) is 10.6 Å². The molecule has 7 atom stereocenters. The summed E-state index contributed by atoms with van der Waals surface area (Å²) in [6.45, 7) is 10.9. The van der Waals surface area contributed by atoms with Gasteiger partial charge in [-0.3, -0.25) is 14.4 Å². The lowest BCUT2D eigenvalue weighted by atomic mass is 9.62. The van der Waals surface area contributed by atoms with Crippen LogP contribution in [-0.4, -0.2) is 63.2 Å². The maximum Gasteiger partial charge on any atom is 0.246 e. The number of aliphatic hydroxyl groups is 1. The van der Waals surface area contributed by atoms with Crippen LogP contribution in [0.5, 0.6) is 0 Å². The van der Waals surface area contributed by atoms with Crippen LogP contribution in [0.3, 0.4) is 0 Å². The predicted octanol–water partition coefficient (Wildman–Crippen LogP) is 1.93. The fourth-order valence-electron chi connectivity index (χ4n) is 6.12. The highest BCUT2D eigenvalue weighted by Crippen LogP contribution is 2.65. The Morgan fingerprint density at radius 3 is 2.45 bits per heavy atom. The van der Waals surface area contributed by atoms with E-state index >= 15 is 0 Å². The van der Waals surface area contributed by atoms with Gasteiger partial charge in [-0.05, 0) is 59.1 Å². The van der Waals surface area contributed by atoms with Crippen molar-refractivity contribution in [2.24, 2.45) is 17.8 Å². The largest absolute Gasteiger partial charge is 0.394 e. The lowest BCUT2D eigenvalue weighted by Gasteiger charge is -2.37. The van der Waals surface area contributed by atoms with Gasteiger partial charge in [0.25, 0.3) is 0 Å². The third kappa shape index (κ3) is 3.54. The first-order chi connectivity index (χ1) is 15.4. The number of ether oxygens (including phenoxy) is 1. The monoisotopic (exact) mass is 457 g/mol. The molecule has 2 bridgehead atoms. The number of benzene rings is 1. The maximum atomic E-state index is 13.8. The summed E-state index contributed by atoms with van der Waals surface area (Å²) >= 11 is 0. The lowest BCUT2D eigenvalue weighted by molar-refractivity contribution is -0.150. The molecule has 3 aliphatic rings. The first kappa shape index (κ1) is 23.7. The Hall–Kier alpha value is -2.45. The van der Waals surface area contributed by atoms with Crippen molar-refractivity contribution in [2.45, 2.75) is 76.8 Å². The highest BCUT2D eigenvalue weighted by molar-refractivity contribution is 6.02. The summed E-state index contributed by atoms with van der Waals surface area (Å²) in [5, 5.41) is 15.8. The molecule has 1 aromatic carbocycles. The molecule has 3 heterocycles. The van der Waals surface area contributed by atoms with Crippen LogP contribution >= 0.6 is 0 Å². The molecule has 3 unspecified atom stereocenters. The summed E-state index contributed by atoms with van der Waals surface area (Å²) in [5.41, 5.74) is -1.88. The van der Waals surface area contributed by atoms with Crippen LogP contribution in [0.15, 0.2) is 30.3 Å². The minimum Gasteiger partial charge on any atom is -0.394 e. The first-order valence-corrected chi connectivity index (χ1v) is 11.7. The second kappa shape index (κ2) is 7.81. The van der Waals surface area contributed by atoms with Crippen molar-refractivity contribution in [3.63, 3.8) is 0 Å². The highest BCUT2D eigenvalue weighted by Gasteiger charge is 2.80. The Bertz CT molecular complexity index is 961. The van der Waals surface area contributed by atoms with Gasteiger partial charge in [0.15, 0.2) is 0 Å². The third-order valence-electron chi connectivity index (χ3n) is 7.56.